The summed E-state index contributed by atoms with van der Waals surface area (Å²) < 4.78 is 18.6. The molecule has 2 heterocycles. The minimum absolute atomic E-state index is 0.0850. The summed E-state index contributed by atoms with van der Waals surface area (Å²) in [7, 11) is -1.42. The van der Waals surface area contributed by atoms with Gasteiger partial charge in [0.25, 0.3) is 5.56 Å². The molecule has 0 N–H and O–H groups in total. The second-order valence-electron chi connectivity index (χ2n) is 13.3. The van der Waals surface area contributed by atoms with E-state index in [9.17, 15) is 14.4 Å². The van der Waals surface area contributed by atoms with Crippen LogP contribution in [0.25, 0.3) is 10.9 Å². The molecule has 0 amide bonds. The van der Waals surface area contributed by atoms with Crippen LogP contribution < -0.4 is 10.3 Å². The Balaban J connectivity index is 1.33. The van der Waals surface area contributed by atoms with E-state index in [-0.39, 0.29) is 29.8 Å². The van der Waals surface area contributed by atoms with Gasteiger partial charge in [0.2, 0.25) is 0 Å². The Hall–Kier alpha value is -3.37. The number of Topliss-reactive ketones (excluding diaryl/α,β-unsaturated/α-hetero) is 1. The molecule has 3 aromatic rings. The molecule has 2 fully saturated rings. The third kappa shape index (κ3) is 7.78. The van der Waals surface area contributed by atoms with Gasteiger partial charge in [-0.15, -0.1) is 5.10 Å². The fraction of sp³-hybridized carbons (Fsp3) is 0.545. The van der Waals surface area contributed by atoms with E-state index in [0.717, 1.165) is 43.4 Å². The molecule has 2 aliphatic rings. The number of aryl methyl sites for hydroxylation is 1. The summed E-state index contributed by atoms with van der Waals surface area (Å²) in [5, 5.41) is 8.92. The summed E-state index contributed by atoms with van der Waals surface area (Å²) >= 11 is 0. The predicted octanol–water partition coefficient (Wildman–Crippen LogP) is 5.31. The first-order valence-electron chi connectivity index (χ1n) is 15.4. The fourth-order valence-corrected chi connectivity index (χ4v) is 6.79. The van der Waals surface area contributed by atoms with E-state index >= 15 is 0 Å². The van der Waals surface area contributed by atoms with Gasteiger partial charge in [0, 0.05) is 32.8 Å². The van der Waals surface area contributed by atoms with Crippen molar-refractivity contribution in [3.8, 4) is 5.75 Å². The van der Waals surface area contributed by atoms with Gasteiger partial charge in [-0.05, 0) is 86.9 Å². The van der Waals surface area contributed by atoms with Crippen molar-refractivity contribution in [3.05, 3.63) is 63.9 Å². The van der Waals surface area contributed by atoms with Crippen LogP contribution in [0.2, 0.25) is 25.7 Å². The maximum Gasteiger partial charge on any atom is 0.310 e. The van der Waals surface area contributed by atoms with Gasteiger partial charge >= 0.3 is 5.97 Å². The summed E-state index contributed by atoms with van der Waals surface area (Å²) in [4.78, 5) is 40.7. The van der Waals surface area contributed by atoms with Crippen molar-refractivity contribution >= 4 is 30.7 Å². The summed E-state index contributed by atoms with van der Waals surface area (Å²) in [6.45, 7) is 11.3. The zero-order valence-electron chi connectivity index (χ0n) is 25.7. The molecule has 1 saturated carbocycles. The molecule has 1 aromatic heterocycles. The van der Waals surface area contributed by atoms with Crippen molar-refractivity contribution < 1.29 is 23.8 Å². The molecular weight excluding hydrogens is 562 g/mol. The van der Waals surface area contributed by atoms with Crippen molar-refractivity contribution in [2.24, 2.45) is 23.7 Å². The summed E-state index contributed by atoms with van der Waals surface area (Å²) in [6.07, 6.45) is 3.13. The maximum atomic E-state index is 13.8. The minimum Gasteiger partial charge on any atom is -0.493 e. The molecule has 230 valence electrons. The lowest BCUT2D eigenvalue weighted by Crippen LogP contribution is -2.36. The lowest BCUT2D eigenvalue weighted by atomic mass is 9.84. The van der Waals surface area contributed by atoms with E-state index in [0.29, 0.717) is 48.4 Å². The SMILES string of the molecule is Cc1ccc2nnn(CC3CCC(C(=O)c4ccc(OCC5CCOCC5)cc4)C3C(=O)OCC[Si](C)(C)C)c(=O)c2c1. The van der Waals surface area contributed by atoms with Crippen LogP contribution in [0.1, 0.15) is 41.6 Å². The van der Waals surface area contributed by atoms with Crippen LogP contribution in [0.4, 0.5) is 0 Å². The maximum absolute atomic E-state index is 13.8. The third-order valence-corrected chi connectivity index (χ3v) is 10.4. The molecule has 1 saturated heterocycles. The van der Waals surface area contributed by atoms with Crippen molar-refractivity contribution in [1.29, 1.82) is 0 Å². The van der Waals surface area contributed by atoms with Crippen LogP contribution in [0.15, 0.2) is 47.3 Å². The Labute approximate surface area is 253 Å². The largest absolute Gasteiger partial charge is 0.493 e. The highest BCUT2D eigenvalue weighted by molar-refractivity contribution is 6.76. The number of fused-ring (bicyclic) bond motifs is 1. The third-order valence-electron chi connectivity index (χ3n) is 8.75. The number of aromatic nitrogens is 3. The Morgan fingerprint density at radius 1 is 1.02 bits per heavy atom. The average Bonchev–Trinajstić information content (AvgIpc) is 3.41. The van der Waals surface area contributed by atoms with Gasteiger partial charge in [0.15, 0.2) is 5.78 Å². The lowest BCUT2D eigenvalue weighted by Gasteiger charge is -2.24. The first-order valence-corrected chi connectivity index (χ1v) is 19.2. The molecule has 3 atom stereocenters. The van der Waals surface area contributed by atoms with Gasteiger partial charge in [0.05, 0.1) is 31.1 Å². The number of carbonyl (C=O) groups is 2. The molecule has 5 rings (SSSR count). The molecule has 1 aliphatic carbocycles. The molecule has 2 aromatic carbocycles. The van der Waals surface area contributed by atoms with Crippen LogP contribution in [0.3, 0.4) is 0 Å². The number of rotatable bonds is 11. The topological polar surface area (TPSA) is 110 Å². The standard InChI is InChI=1S/C33H43N3O6Si/c1-22-5-12-29-28(19-22)32(38)36(35-34-29)20-25-8-11-27(30(25)33(39)41-17-18-43(2,3)4)31(37)24-6-9-26(10-7-24)42-21-23-13-15-40-16-14-23/h5-7,9-10,12,19,23,25,27,30H,8,11,13-18,20-21H2,1-4H3. The number of ether oxygens (including phenoxy) is 3. The highest BCUT2D eigenvalue weighted by Gasteiger charge is 2.46. The molecule has 0 bridgehead atoms. The first-order chi connectivity index (χ1) is 20.6. The number of hydrogen-bond acceptors (Lipinski definition) is 8. The molecule has 9 nitrogen and oxygen atoms in total. The monoisotopic (exact) mass is 605 g/mol. The highest BCUT2D eigenvalue weighted by atomic mass is 28.3. The Morgan fingerprint density at radius 3 is 2.49 bits per heavy atom. The molecule has 3 unspecified atom stereocenters. The van der Waals surface area contributed by atoms with Crippen molar-refractivity contribution in [2.45, 2.75) is 64.8 Å². The van der Waals surface area contributed by atoms with Gasteiger partial charge in [-0.2, -0.15) is 0 Å². The van der Waals surface area contributed by atoms with Crippen molar-refractivity contribution in [1.82, 2.24) is 15.0 Å². The van der Waals surface area contributed by atoms with Crippen LogP contribution in [-0.2, 0) is 20.8 Å². The number of hydrogen-bond donors (Lipinski definition) is 0. The molecular formula is C33H43N3O6Si. The van der Waals surface area contributed by atoms with Gasteiger partial charge in [-0.25, -0.2) is 4.68 Å². The van der Waals surface area contributed by atoms with Crippen LogP contribution in [0.5, 0.6) is 5.75 Å². The Bertz CT molecular complexity index is 1490. The fourth-order valence-electron chi connectivity index (χ4n) is 6.08. The number of ketones is 1. The second-order valence-corrected chi connectivity index (χ2v) is 18.9. The summed E-state index contributed by atoms with van der Waals surface area (Å²) in [5.74, 6) is -0.734. The number of benzene rings is 2. The zero-order valence-corrected chi connectivity index (χ0v) is 26.7. The van der Waals surface area contributed by atoms with E-state index in [2.05, 4.69) is 30.0 Å². The van der Waals surface area contributed by atoms with E-state index in [1.165, 1.54) is 4.68 Å². The van der Waals surface area contributed by atoms with Gasteiger partial charge in [-0.1, -0.05) is 36.5 Å². The molecule has 0 radical (unpaired) electrons. The van der Waals surface area contributed by atoms with Crippen LogP contribution in [-0.4, -0.2) is 61.2 Å². The average molecular weight is 606 g/mol. The van der Waals surface area contributed by atoms with Crippen molar-refractivity contribution in [3.63, 3.8) is 0 Å². The first kappa shape index (κ1) is 31.1. The van der Waals surface area contributed by atoms with E-state index in [4.69, 9.17) is 14.2 Å². The van der Waals surface area contributed by atoms with Gasteiger partial charge in [0.1, 0.15) is 11.3 Å². The van der Waals surface area contributed by atoms with Crippen LogP contribution >= 0.6 is 0 Å². The van der Waals surface area contributed by atoms with E-state index in [1.54, 1.807) is 18.2 Å². The highest BCUT2D eigenvalue weighted by Crippen LogP contribution is 2.41. The van der Waals surface area contributed by atoms with E-state index in [1.807, 2.05) is 31.2 Å². The number of carbonyl (C=O) groups excluding carboxylic acids is 2. The molecule has 43 heavy (non-hydrogen) atoms. The molecule has 1 aliphatic heterocycles. The lowest BCUT2D eigenvalue weighted by molar-refractivity contribution is -0.150. The normalized spacial score (nSPS) is 21.2. The van der Waals surface area contributed by atoms with E-state index < -0.39 is 19.9 Å². The summed E-state index contributed by atoms with van der Waals surface area (Å²) in [5.41, 5.74) is 1.79. The van der Waals surface area contributed by atoms with Gasteiger partial charge < -0.3 is 14.2 Å². The Kier molecular flexibility index (Phi) is 9.76. The number of nitrogens with zero attached hydrogens (tertiary/aromatic N) is 3. The molecule has 10 heteroatoms. The van der Waals surface area contributed by atoms with Gasteiger partial charge in [-0.3, -0.25) is 14.4 Å². The predicted molar refractivity (Wildman–Crippen MR) is 167 cm³/mol. The minimum atomic E-state index is -1.42. The smallest absolute Gasteiger partial charge is 0.310 e. The van der Waals surface area contributed by atoms with Crippen LogP contribution in [0, 0.1) is 30.6 Å². The summed E-state index contributed by atoms with van der Waals surface area (Å²) in [6, 6.07) is 13.5. The quantitative estimate of drug-likeness (QED) is 0.164. The second kappa shape index (κ2) is 13.5. The van der Waals surface area contributed by atoms with Crippen molar-refractivity contribution in [2.75, 3.05) is 26.4 Å². The number of esters is 1. The molecule has 0 spiro atoms. The Morgan fingerprint density at radius 2 is 1.77 bits per heavy atom. The zero-order chi connectivity index (χ0) is 30.6.